The average molecular weight is 337 g/mol. The van der Waals surface area contributed by atoms with Crippen LogP contribution in [0.1, 0.15) is 47.7 Å². The summed E-state index contributed by atoms with van der Waals surface area (Å²) in [5, 5.41) is 3.07. The summed E-state index contributed by atoms with van der Waals surface area (Å²) < 4.78 is 0. The minimum atomic E-state index is -0.407. The van der Waals surface area contributed by atoms with Crippen molar-refractivity contribution in [3.05, 3.63) is 21.9 Å². The van der Waals surface area contributed by atoms with Gasteiger partial charge in [0.15, 0.2) is 0 Å². The fourth-order valence-corrected chi connectivity index (χ4v) is 3.67. The highest BCUT2D eigenvalue weighted by molar-refractivity contribution is 7.13. The zero-order valence-electron chi connectivity index (χ0n) is 14.2. The SMILES string of the molecule is Cc1ccc(C(=O)NC2CCN(C(=O)[C@@H](N)CC(C)C)CC2)s1. The van der Waals surface area contributed by atoms with Gasteiger partial charge in [-0.3, -0.25) is 9.59 Å². The van der Waals surface area contributed by atoms with E-state index in [9.17, 15) is 9.59 Å². The molecule has 1 fully saturated rings. The number of rotatable bonds is 5. The second-order valence-corrected chi connectivity index (χ2v) is 8.01. The Morgan fingerprint density at radius 2 is 2.00 bits per heavy atom. The van der Waals surface area contributed by atoms with Gasteiger partial charge < -0.3 is 16.0 Å². The van der Waals surface area contributed by atoms with E-state index in [1.165, 1.54) is 11.3 Å². The minimum absolute atomic E-state index is 0.00983. The molecule has 0 radical (unpaired) electrons. The van der Waals surface area contributed by atoms with Crippen LogP contribution in [0.3, 0.4) is 0 Å². The first-order valence-corrected chi connectivity index (χ1v) is 9.10. The molecule has 0 aromatic carbocycles. The van der Waals surface area contributed by atoms with Crippen molar-refractivity contribution in [1.82, 2.24) is 10.2 Å². The maximum absolute atomic E-state index is 12.3. The molecule has 0 bridgehead atoms. The molecule has 1 aromatic heterocycles. The number of likely N-dealkylation sites (tertiary alicyclic amines) is 1. The monoisotopic (exact) mass is 337 g/mol. The summed E-state index contributed by atoms with van der Waals surface area (Å²) in [6, 6.07) is 3.54. The molecule has 2 amide bonds. The van der Waals surface area contributed by atoms with Gasteiger partial charge in [-0.15, -0.1) is 11.3 Å². The van der Waals surface area contributed by atoms with Gasteiger partial charge in [-0.2, -0.15) is 0 Å². The summed E-state index contributed by atoms with van der Waals surface area (Å²) >= 11 is 1.51. The smallest absolute Gasteiger partial charge is 0.261 e. The summed E-state index contributed by atoms with van der Waals surface area (Å²) in [7, 11) is 0. The van der Waals surface area contributed by atoms with Crippen LogP contribution in [-0.2, 0) is 4.79 Å². The van der Waals surface area contributed by atoms with Crippen molar-refractivity contribution in [2.24, 2.45) is 11.7 Å². The number of hydrogen-bond donors (Lipinski definition) is 2. The van der Waals surface area contributed by atoms with E-state index >= 15 is 0 Å². The Hall–Kier alpha value is -1.40. The van der Waals surface area contributed by atoms with E-state index in [2.05, 4.69) is 19.2 Å². The summed E-state index contributed by atoms with van der Waals surface area (Å²) in [5.41, 5.74) is 5.98. The van der Waals surface area contributed by atoms with E-state index in [-0.39, 0.29) is 17.9 Å². The largest absolute Gasteiger partial charge is 0.348 e. The van der Waals surface area contributed by atoms with Crippen LogP contribution >= 0.6 is 11.3 Å². The third-order valence-corrected chi connectivity index (χ3v) is 5.15. The molecule has 2 heterocycles. The van der Waals surface area contributed by atoms with Crippen molar-refractivity contribution in [2.75, 3.05) is 13.1 Å². The highest BCUT2D eigenvalue weighted by atomic mass is 32.1. The fraction of sp³-hybridized carbons (Fsp3) is 0.647. The van der Waals surface area contributed by atoms with Crippen LogP contribution in [0.4, 0.5) is 0 Å². The van der Waals surface area contributed by atoms with E-state index in [4.69, 9.17) is 5.73 Å². The molecule has 1 aliphatic heterocycles. The minimum Gasteiger partial charge on any atom is -0.348 e. The van der Waals surface area contributed by atoms with Crippen LogP contribution in [0.5, 0.6) is 0 Å². The highest BCUT2D eigenvalue weighted by Gasteiger charge is 2.27. The molecule has 0 aliphatic carbocycles. The summed E-state index contributed by atoms with van der Waals surface area (Å²) in [6.07, 6.45) is 2.29. The lowest BCUT2D eigenvalue weighted by Crippen LogP contribution is -2.51. The van der Waals surface area contributed by atoms with Crippen LogP contribution in [0.2, 0.25) is 0 Å². The summed E-state index contributed by atoms with van der Waals surface area (Å²) in [4.78, 5) is 28.2. The third kappa shape index (κ3) is 5.04. The van der Waals surface area contributed by atoms with Crippen molar-refractivity contribution in [3.63, 3.8) is 0 Å². The van der Waals surface area contributed by atoms with E-state index in [1.807, 2.05) is 24.0 Å². The molecular weight excluding hydrogens is 310 g/mol. The fourth-order valence-electron chi connectivity index (χ4n) is 2.90. The van der Waals surface area contributed by atoms with Crippen LogP contribution < -0.4 is 11.1 Å². The van der Waals surface area contributed by atoms with Crippen molar-refractivity contribution in [3.8, 4) is 0 Å². The van der Waals surface area contributed by atoms with Gasteiger partial charge in [0, 0.05) is 24.0 Å². The maximum atomic E-state index is 12.3. The molecule has 1 aromatic rings. The second kappa shape index (κ2) is 7.93. The van der Waals surface area contributed by atoms with Crippen molar-refractivity contribution >= 4 is 23.2 Å². The number of carbonyl (C=O) groups is 2. The molecule has 128 valence electrons. The van der Waals surface area contributed by atoms with Crippen molar-refractivity contribution in [1.29, 1.82) is 0 Å². The number of piperidine rings is 1. The average Bonchev–Trinajstić information content (AvgIpc) is 2.93. The first kappa shape index (κ1) is 17.9. The van der Waals surface area contributed by atoms with Crippen LogP contribution in [0, 0.1) is 12.8 Å². The second-order valence-electron chi connectivity index (χ2n) is 6.72. The van der Waals surface area contributed by atoms with Crippen LogP contribution in [-0.4, -0.2) is 41.9 Å². The van der Waals surface area contributed by atoms with E-state index in [0.717, 1.165) is 22.6 Å². The molecule has 0 spiro atoms. The first-order chi connectivity index (χ1) is 10.9. The number of aryl methyl sites for hydroxylation is 1. The van der Waals surface area contributed by atoms with Gasteiger partial charge in [0.25, 0.3) is 5.91 Å². The summed E-state index contributed by atoms with van der Waals surface area (Å²) in [6.45, 7) is 7.46. The van der Waals surface area contributed by atoms with E-state index in [1.54, 1.807) is 0 Å². The molecule has 5 nitrogen and oxygen atoms in total. The Morgan fingerprint density at radius 3 is 2.52 bits per heavy atom. The third-order valence-electron chi connectivity index (χ3n) is 4.15. The van der Waals surface area contributed by atoms with Crippen LogP contribution in [0.25, 0.3) is 0 Å². The molecule has 0 unspecified atom stereocenters. The Labute approximate surface area is 142 Å². The number of carbonyl (C=O) groups excluding carboxylic acids is 2. The number of hydrogen-bond acceptors (Lipinski definition) is 4. The molecule has 6 heteroatoms. The number of nitrogens with zero attached hydrogens (tertiary/aromatic N) is 1. The molecule has 23 heavy (non-hydrogen) atoms. The zero-order valence-corrected chi connectivity index (χ0v) is 15.0. The Morgan fingerprint density at radius 1 is 1.35 bits per heavy atom. The lowest BCUT2D eigenvalue weighted by Gasteiger charge is -2.34. The zero-order chi connectivity index (χ0) is 17.0. The topological polar surface area (TPSA) is 75.4 Å². The van der Waals surface area contributed by atoms with Crippen LogP contribution in [0.15, 0.2) is 12.1 Å². The predicted molar refractivity (Wildman–Crippen MR) is 93.6 cm³/mol. The Balaban J connectivity index is 1.79. The van der Waals surface area contributed by atoms with Gasteiger partial charge in [-0.25, -0.2) is 0 Å². The number of nitrogens with two attached hydrogens (primary N) is 1. The molecular formula is C17H27N3O2S. The van der Waals surface area contributed by atoms with Crippen molar-refractivity contribution < 1.29 is 9.59 Å². The molecule has 3 N–H and O–H groups in total. The molecule has 0 saturated carbocycles. The molecule has 1 atom stereocenters. The lowest BCUT2D eigenvalue weighted by molar-refractivity contribution is -0.134. The van der Waals surface area contributed by atoms with E-state index < -0.39 is 6.04 Å². The number of thiophene rings is 1. The van der Waals surface area contributed by atoms with Gasteiger partial charge in [0.1, 0.15) is 0 Å². The Kier molecular flexibility index (Phi) is 6.18. The highest BCUT2D eigenvalue weighted by Crippen LogP contribution is 2.17. The standard InChI is InChI=1S/C17H27N3O2S/c1-11(2)10-14(18)17(22)20-8-6-13(7-9-20)19-16(21)15-5-4-12(3)23-15/h4-5,11,13-14H,6-10,18H2,1-3H3,(H,19,21)/t14-/m0/s1. The lowest BCUT2D eigenvalue weighted by atomic mass is 10.0. The molecule has 1 aliphatic rings. The quantitative estimate of drug-likeness (QED) is 0.864. The van der Waals surface area contributed by atoms with Gasteiger partial charge in [-0.1, -0.05) is 13.8 Å². The van der Waals surface area contributed by atoms with Gasteiger partial charge in [0.2, 0.25) is 5.91 Å². The normalized spacial score (nSPS) is 17.3. The maximum Gasteiger partial charge on any atom is 0.261 e. The molecule has 2 rings (SSSR count). The Bertz CT molecular complexity index is 548. The van der Waals surface area contributed by atoms with Gasteiger partial charge in [0.05, 0.1) is 10.9 Å². The van der Waals surface area contributed by atoms with E-state index in [0.29, 0.717) is 25.4 Å². The molecule has 1 saturated heterocycles. The predicted octanol–water partition coefficient (Wildman–Crippen LogP) is 2.15. The van der Waals surface area contributed by atoms with Crippen molar-refractivity contribution in [2.45, 2.75) is 52.1 Å². The first-order valence-electron chi connectivity index (χ1n) is 8.28. The number of amides is 2. The van der Waals surface area contributed by atoms with Gasteiger partial charge in [-0.05, 0) is 44.2 Å². The van der Waals surface area contributed by atoms with Gasteiger partial charge >= 0.3 is 0 Å². The number of nitrogens with one attached hydrogen (secondary N) is 1. The summed E-state index contributed by atoms with van der Waals surface area (Å²) in [5.74, 6) is 0.446.